The van der Waals surface area contributed by atoms with E-state index in [1.165, 1.54) is 16.7 Å². The third-order valence-corrected chi connectivity index (χ3v) is 5.76. The first kappa shape index (κ1) is 28.2. The minimum atomic E-state index is -1.41. The molecule has 1 aliphatic heterocycles. The van der Waals surface area contributed by atoms with Gasteiger partial charge in [0, 0.05) is 13.0 Å². The van der Waals surface area contributed by atoms with Crippen LogP contribution in [0.25, 0.3) is 0 Å². The van der Waals surface area contributed by atoms with Gasteiger partial charge in [-0.2, -0.15) is 11.8 Å². The van der Waals surface area contributed by atoms with Gasteiger partial charge in [-0.25, -0.2) is 4.79 Å². The van der Waals surface area contributed by atoms with Crippen LogP contribution in [0.2, 0.25) is 0 Å². The molecule has 0 aromatic carbocycles. The molecule has 14 heteroatoms. The molecular weight excluding hydrogens is 456 g/mol. The van der Waals surface area contributed by atoms with Crippen molar-refractivity contribution >= 4 is 47.3 Å². The molecule has 1 saturated heterocycles. The molecule has 186 valence electrons. The van der Waals surface area contributed by atoms with Gasteiger partial charge in [-0.3, -0.25) is 24.0 Å². The molecule has 0 aromatic heterocycles. The maximum absolute atomic E-state index is 12.9. The summed E-state index contributed by atoms with van der Waals surface area (Å²) in [5, 5.41) is 14.0. The predicted octanol–water partition coefficient (Wildman–Crippen LogP) is -2.75. The van der Waals surface area contributed by atoms with Crippen LogP contribution < -0.4 is 27.8 Å². The summed E-state index contributed by atoms with van der Waals surface area (Å²) in [6, 6.07) is -4.58. The monoisotopic (exact) mass is 488 g/mol. The Bertz CT molecular complexity index is 765. The number of amides is 5. The van der Waals surface area contributed by atoms with Gasteiger partial charge in [0.25, 0.3) is 0 Å². The first-order chi connectivity index (χ1) is 15.5. The zero-order valence-electron chi connectivity index (χ0n) is 18.5. The van der Waals surface area contributed by atoms with Crippen LogP contribution in [0.1, 0.15) is 38.5 Å². The maximum Gasteiger partial charge on any atom is 0.326 e. The number of aliphatic carboxylic acids is 1. The summed E-state index contributed by atoms with van der Waals surface area (Å²) in [5.74, 6) is -4.36. The number of nitrogens with one attached hydrogen (secondary N) is 2. The molecule has 13 nitrogen and oxygen atoms in total. The molecule has 1 heterocycles. The lowest BCUT2D eigenvalue weighted by atomic mass is 10.1. The number of carbonyl (C=O) groups is 6. The van der Waals surface area contributed by atoms with Crippen molar-refractivity contribution in [2.75, 3.05) is 18.6 Å². The lowest BCUT2D eigenvalue weighted by molar-refractivity contribution is -0.143. The molecule has 9 N–H and O–H groups in total. The molecule has 4 unspecified atom stereocenters. The fourth-order valence-corrected chi connectivity index (χ4v) is 3.85. The summed E-state index contributed by atoms with van der Waals surface area (Å²) < 4.78 is 0. The van der Waals surface area contributed by atoms with Gasteiger partial charge in [-0.15, -0.1) is 0 Å². The van der Waals surface area contributed by atoms with Crippen molar-refractivity contribution in [3.05, 3.63) is 0 Å². The molecule has 4 atom stereocenters. The fraction of sp³-hybridized carbons (Fsp3) is 0.684. The van der Waals surface area contributed by atoms with Crippen LogP contribution in [0.15, 0.2) is 0 Å². The molecule has 0 aliphatic carbocycles. The van der Waals surface area contributed by atoms with Gasteiger partial charge in [-0.05, 0) is 37.7 Å². The average molecular weight is 489 g/mol. The van der Waals surface area contributed by atoms with Crippen LogP contribution in [-0.4, -0.2) is 88.2 Å². The lowest BCUT2D eigenvalue weighted by Crippen LogP contribution is -2.57. The summed E-state index contributed by atoms with van der Waals surface area (Å²) in [4.78, 5) is 73.2. The average Bonchev–Trinajstić information content (AvgIpc) is 3.23. The first-order valence-corrected chi connectivity index (χ1v) is 11.8. The predicted molar refractivity (Wildman–Crippen MR) is 119 cm³/mol. The Hall–Kier alpha value is -2.87. The third-order valence-electron chi connectivity index (χ3n) is 5.12. The molecule has 0 radical (unpaired) electrons. The molecule has 0 saturated carbocycles. The topological polar surface area (TPSA) is 228 Å². The Morgan fingerprint density at radius 1 is 1.06 bits per heavy atom. The van der Waals surface area contributed by atoms with Crippen molar-refractivity contribution in [2.24, 2.45) is 17.2 Å². The highest BCUT2D eigenvalue weighted by atomic mass is 32.2. The number of thioether (sulfide) groups is 1. The molecule has 5 amide bonds. The molecule has 0 spiro atoms. The number of carboxylic acid groups (broad SMARTS) is 1. The van der Waals surface area contributed by atoms with Crippen molar-refractivity contribution in [1.29, 1.82) is 0 Å². The molecule has 1 rings (SSSR count). The van der Waals surface area contributed by atoms with Crippen LogP contribution in [0.3, 0.4) is 0 Å². The molecule has 0 bridgehead atoms. The van der Waals surface area contributed by atoms with Crippen LogP contribution in [0.4, 0.5) is 0 Å². The van der Waals surface area contributed by atoms with Crippen LogP contribution in [0, 0.1) is 0 Å². The minimum absolute atomic E-state index is 0.0261. The van der Waals surface area contributed by atoms with Gasteiger partial charge in [0.1, 0.15) is 18.1 Å². The Balaban J connectivity index is 2.88. The number of carbonyl (C=O) groups excluding carboxylic acids is 5. The number of rotatable bonds is 14. The largest absolute Gasteiger partial charge is 0.480 e. The number of nitrogens with zero attached hydrogens (tertiary/aromatic N) is 1. The quantitative estimate of drug-likeness (QED) is 0.149. The Kier molecular flexibility index (Phi) is 11.6. The molecule has 33 heavy (non-hydrogen) atoms. The number of carboxylic acids is 1. The SMILES string of the molecule is CSCCC(NC(=O)C(CC(N)=O)NC(=O)C1CCCN1C(=O)C(N)CCC(N)=O)C(=O)O. The van der Waals surface area contributed by atoms with E-state index in [1.807, 2.05) is 0 Å². The van der Waals surface area contributed by atoms with Crippen LogP contribution in [-0.2, 0) is 28.8 Å². The second-order valence-corrected chi connectivity index (χ2v) is 8.70. The van der Waals surface area contributed by atoms with E-state index in [1.54, 1.807) is 6.26 Å². The highest BCUT2D eigenvalue weighted by Gasteiger charge is 2.38. The van der Waals surface area contributed by atoms with Crippen molar-refractivity contribution in [3.8, 4) is 0 Å². The summed E-state index contributed by atoms with van der Waals surface area (Å²) in [5.41, 5.74) is 16.1. The van der Waals surface area contributed by atoms with Gasteiger partial charge in [0.05, 0.1) is 12.5 Å². The summed E-state index contributed by atoms with van der Waals surface area (Å²) in [6.07, 6.45) is 2.13. The van der Waals surface area contributed by atoms with Gasteiger partial charge in [0.2, 0.25) is 29.5 Å². The first-order valence-electron chi connectivity index (χ1n) is 10.4. The van der Waals surface area contributed by atoms with Gasteiger partial charge < -0.3 is 37.8 Å². The number of hydrogen-bond acceptors (Lipinski definition) is 8. The van der Waals surface area contributed by atoms with Crippen LogP contribution >= 0.6 is 11.8 Å². The van der Waals surface area contributed by atoms with E-state index in [0.29, 0.717) is 18.6 Å². The van der Waals surface area contributed by atoms with Gasteiger partial charge in [0.15, 0.2) is 0 Å². The van der Waals surface area contributed by atoms with Crippen molar-refractivity contribution in [1.82, 2.24) is 15.5 Å². The van der Waals surface area contributed by atoms with Gasteiger partial charge >= 0.3 is 5.97 Å². The van der Waals surface area contributed by atoms with E-state index in [-0.39, 0.29) is 25.8 Å². The Morgan fingerprint density at radius 2 is 1.73 bits per heavy atom. The second-order valence-electron chi connectivity index (χ2n) is 7.71. The summed E-state index contributed by atoms with van der Waals surface area (Å²) in [6.45, 7) is 0.254. The number of nitrogens with two attached hydrogens (primary N) is 3. The third kappa shape index (κ3) is 9.26. The van der Waals surface area contributed by atoms with Crippen molar-refractivity contribution < 1.29 is 33.9 Å². The molecule has 1 aliphatic rings. The lowest BCUT2D eigenvalue weighted by Gasteiger charge is -2.28. The minimum Gasteiger partial charge on any atom is -0.480 e. The highest BCUT2D eigenvalue weighted by molar-refractivity contribution is 7.98. The van der Waals surface area contributed by atoms with E-state index >= 15 is 0 Å². The Labute approximate surface area is 195 Å². The Morgan fingerprint density at radius 3 is 2.27 bits per heavy atom. The smallest absolute Gasteiger partial charge is 0.326 e. The summed E-state index contributed by atoms with van der Waals surface area (Å²) >= 11 is 1.40. The van der Waals surface area contributed by atoms with E-state index in [0.717, 1.165) is 0 Å². The normalized spacial score (nSPS) is 18.1. The standard InChI is InChI=1S/C19H32N6O7S/c1-33-8-6-11(19(31)32)23-16(28)12(9-15(22)27)24-17(29)13-3-2-7-25(13)18(30)10(20)4-5-14(21)26/h10-13H,2-9,20H2,1H3,(H2,21,26)(H2,22,27)(H,23,28)(H,24,29)(H,31,32). The molecular formula is C19H32N6O7S. The van der Waals surface area contributed by atoms with E-state index in [9.17, 15) is 33.9 Å². The number of primary amides is 2. The number of likely N-dealkylation sites (tertiary alicyclic amines) is 1. The van der Waals surface area contributed by atoms with E-state index in [2.05, 4.69) is 10.6 Å². The zero-order valence-corrected chi connectivity index (χ0v) is 19.3. The van der Waals surface area contributed by atoms with E-state index < -0.39 is 66.1 Å². The number of hydrogen-bond donors (Lipinski definition) is 6. The zero-order chi connectivity index (χ0) is 25.1. The van der Waals surface area contributed by atoms with Crippen LogP contribution in [0.5, 0.6) is 0 Å². The van der Waals surface area contributed by atoms with Crippen molar-refractivity contribution in [2.45, 2.75) is 62.7 Å². The molecule has 1 fully saturated rings. The maximum atomic E-state index is 12.9. The highest BCUT2D eigenvalue weighted by Crippen LogP contribution is 2.19. The summed E-state index contributed by atoms with van der Waals surface area (Å²) in [7, 11) is 0. The van der Waals surface area contributed by atoms with E-state index in [4.69, 9.17) is 17.2 Å². The second kappa shape index (κ2) is 13.6. The van der Waals surface area contributed by atoms with Gasteiger partial charge in [-0.1, -0.05) is 0 Å². The molecule has 0 aromatic rings. The van der Waals surface area contributed by atoms with Crippen molar-refractivity contribution in [3.63, 3.8) is 0 Å². The fourth-order valence-electron chi connectivity index (χ4n) is 3.38.